The number of halogens is 1. The average molecular weight is 459 g/mol. The lowest BCUT2D eigenvalue weighted by Crippen LogP contribution is -2.30. The van der Waals surface area contributed by atoms with Gasteiger partial charge in [-0.05, 0) is 43.2 Å². The van der Waals surface area contributed by atoms with E-state index >= 15 is 0 Å². The summed E-state index contributed by atoms with van der Waals surface area (Å²) in [5.74, 6) is -1.58. The summed E-state index contributed by atoms with van der Waals surface area (Å²) in [7, 11) is 0. The van der Waals surface area contributed by atoms with Crippen LogP contribution in [0.1, 0.15) is 30.5 Å². The van der Waals surface area contributed by atoms with E-state index in [1.54, 1.807) is 11.0 Å². The fraction of sp³-hybridized carbons (Fsp3) is 0.318. The summed E-state index contributed by atoms with van der Waals surface area (Å²) in [6.07, 6.45) is 0.101. The lowest BCUT2D eigenvalue weighted by molar-refractivity contribution is -0.151. The highest BCUT2D eigenvalue weighted by Crippen LogP contribution is 2.29. The summed E-state index contributed by atoms with van der Waals surface area (Å²) >= 11 is 3.37. The van der Waals surface area contributed by atoms with Gasteiger partial charge in [0, 0.05) is 23.1 Å². The van der Waals surface area contributed by atoms with Crippen molar-refractivity contribution in [1.29, 1.82) is 0 Å². The molecule has 0 spiro atoms. The molecule has 2 amide bonds. The van der Waals surface area contributed by atoms with Crippen LogP contribution in [0.4, 0.5) is 5.69 Å². The highest BCUT2D eigenvalue weighted by Gasteiger charge is 2.38. The summed E-state index contributed by atoms with van der Waals surface area (Å²) in [6, 6.07) is 15.0. The van der Waals surface area contributed by atoms with Crippen molar-refractivity contribution < 1.29 is 19.1 Å². The van der Waals surface area contributed by atoms with Gasteiger partial charge in [0.05, 0.1) is 12.0 Å². The Morgan fingerprint density at radius 1 is 1.24 bits per heavy atom. The molecule has 0 aromatic heterocycles. The number of aryl methyl sites for hydroxylation is 1. The Bertz CT molecular complexity index is 916. The molecule has 0 aliphatic carbocycles. The third kappa shape index (κ3) is 5.23. The third-order valence-corrected chi connectivity index (χ3v) is 5.54. The van der Waals surface area contributed by atoms with E-state index < -0.39 is 17.8 Å². The first-order valence-corrected chi connectivity index (χ1v) is 10.2. The second-order valence-corrected chi connectivity index (χ2v) is 8.06. The van der Waals surface area contributed by atoms with E-state index in [4.69, 9.17) is 4.74 Å². The van der Waals surface area contributed by atoms with Crippen LogP contribution in [-0.2, 0) is 19.1 Å². The van der Waals surface area contributed by atoms with E-state index in [0.29, 0.717) is 12.2 Å². The standard InChI is InChI=1S/C22H23BrN2O4/c1-14-10-18(23)8-9-19(14)24-20(26)13-29-22(28)17-11-21(27)25(12-17)15(2)16-6-4-3-5-7-16/h3-10,15,17H,11-13H2,1-2H3,(H,24,26)/t15-,17-/m0/s1. The molecule has 0 bridgehead atoms. The first-order chi connectivity index (χ1) is 13.8. The number of hydrogen-bond acceptors (Lipinski definition) is 4. The van der Waals surface area contributed by atoms with Gasteiger partial charge in [-0.25, -0.2) is 0 Å². The Balaban J connectivity index is 1.52. The molecule has 6 nitrogen and oxygen atoms in total. The molecule has 7 heteroatoms. The van der Waals surface area contributed by atoms with Gasteiger partial charge in [0.1, 0.15) is 0 Å². The Morgan fingerprint density at radius 2 is 1.97 bits per heavy atom. The quantitative estimate of drug-likeness (QED) is 0.666. The number of nitrogens with one attached hydrogen (secondary N) is 1. The van der Waals surface area contributed by atoms with E-state index in [2.05, 4.69) is 21.2 Å². The van der Waals surface area contributed by atoms with Gasteiger partial charge in [-0.3, -0.25) is 14.4 Å². The summed E-state index contributed by atoms with van der Waals surface area (Å²) in [4.78, 5) is 38.6. The van der Waals surface area contributed by atoms with E-state index in [1.165, 1.54) is 0 Å². The zero-order valence-corrected chi connectivity index (χ0v) is 17.9. The van der Waals surface area contributed by atoms with Gasteiger partial charge >= 0.3 is 5.97 Å². The molecule has 2 atom stereocenters. The van der Waals surface area contributed by atoms with Gasteiger partial charge < -0.3 is 15.0 Å². The van der Waals surface area contributed by atoms with Crippen LogP contribution >= 0.6 is 15.9 Å². The number of amides is 2. The number of carbonyl (C=O) groups is 3. The Hall–Kier alpha value is -2.67. The average Bonchev–Trinajstić information content (AvgIpc) is 3.10. The Labute approximate surface area is 178 Å². The molecule has 1 fully saturated rings. The first-order valence-electron chi connectivity index (χ1n) is 9.42. The number of carbonyl (C=O) groups excluding carboxylic acids is 3. The number of hydrogen-bond donors (Lipinski definition) is 1. The summed E-state index contributed by atoms with van der Waals surface area (Å²) in [5.41, 5.74) is 2.57. The fourth-order valence-electron chi connectivity index (χ4n) is 3.38. The topological polar surface area (TPSA) is 75.7 Å². The molecule has 29 heavy (non-hydrogen) atoms. The van der Waals surface area contributed by atoms with Crippen molar-refractivity contribution in [3.05, 3.63) is 64.1 Å². The number of benzene rings is 2. The molecule has 1 saturated heterocycles. The molecular weight excluding hydrogens is 436 g/mol. The van der Waals surface area contributed by atoms with Gasteiger partial charge in [-0.1, -0.05) is 46.3 Å². The Morgan fingerprint density at radius 3 is 2.66 bits per heavy atom. The zero-order valence-electron chi connectivity index (χ0n) is 16.4. The van der Waals surface area contributed by atoms with Crippen molar-refractivity contribution in [1.82, 2.24) is 4.90 Å². The van der Waals surface area contributed by atoms with E-state index in [-0.39, 0.29) is 25.0 Å². The van der Waals surface area contributed by atoms with Crippen LogP contribution in [0.25, 0.3) is 0 Å². The highest BCUT2D eigenvalue weighted by atomic mass is 79.9. The third-order valence-electron chi connectivity index (χ3n) is 5.05. The SMILES string of the molecule is Cc1cc(Br)ccc1NC(=O)COC(=O)[C@H]1CC(=O)N([C@@H](C)c2ccccc2)C1. The minimum absolute atomic E-state index is 0.0850. The largest absolute Gasteiger partial charge is 0.455 e. The van der Waals surface area contributed by atoms with Crippen LogP contribution in [0.5, 0.6) is 0 Å². The maximum absolute atomic E-state index is 12.4. The van der Waals surface area contributed by atoms with Crippen LogP contribution in [-0.4, -0.2) is 35.8 Å². The summed E-state index contributed by atoms with van der Waals surface area (Å²) in [6.45, 7) is 3.72. The molecule has 2 aromatic carbocycles. The second kappa shape index (κ2) is 9.22. The van der Waals surface area contributed by atoms with Crippen molar-refractivity contribution in [3.63, 3.8) is 0 Å². The molecule has 1 heterocycles. The van der Waals surface area contributed by atoms with Gasteiger partial charge in [0.15, 0.2) is 6.61 Å². The lowest BCUT2D eigenvalue weighted by Gasteiger charge is -2.25. The number of ether oxygens (including phenoxy) is 1. The number of rotatable bonds is 6. The summed E-state index contributed by atoms with van der Waals surface area (Å²) < 4.78 is 6.08. The van der Waals surface area contributed by atoms with E-state index in [0.717, 1.165) is 15.6 Å². The number of likely N-dealkylation sites (tertiary alicyclic amines) is 1. The van der Waals surface area contributed by atoms with Crippen molar-refractivity contribution in [3.8, 4) is 0 Å². The van der Waals surface area contributed by atoms with Gasteiger partial charge in [-0.2, -0.15) is 0 Å². The lowest BCUT2D eigenvalue weighted by atomic mass is 10.1. The molecule has 1 N–H and O–H groups in total. The smallest absolute Gasteiger partial charge is 0.311 e. The van der Waals surface area contributed by atoms with E-state index in [1.807, 2.05) is 56.3 Å². The minimum Gasteiger partial charge on any atom is -0.455 e. The van der Waals surface area contributed by atoms with Crippen molar-refractivity contribution >= 4 is 39.4 Å². The second-order valence-electron chi connectivity index (χ2n) is 7.15. The predicted molar refractivity (Wildman–Crippen MR) is 113 cm³/mol. The summed E-state index contributed by atoms with van der Waals surface area (Å²) in [5, 5.41) is 2.73. The Kier molecular flexibility index (Phi) is 6.69. The molecular formula is C22H23BrN2O4. The molecule has 1 aliphatic rings. The minimum atomic E-state index is -0.559. The molecule has 0 saturated carbocycles. The maximum atomic E-state index is 12.4. The predicted octanol–water partition coefficient (Wildman–Crippen LogP) is 3.85. The maximum Gasteiger partial charge on any atom is 0.311 e. The molecule has 0 unspecified atom stereocenters. The van der Waals surface area contributed by atoms with Crippen molar-refractivity contribution in [2.75, 3.05) is 18.5 Å². The number of nitrogens with zero attached hydrogens (tertiary/aromatic N) is 1. The van der Waals surface area contributed by atoms with Crippen LogP contribution in [0.15, 0.2) is 53.0 Å². The van der Waals surface area contributed by atoms with Gasteiger partial charge in [0.2, 0.25) is 5.91 Å². The van der Waals surface area contributed by atoms with Crippen LogP contribution < -0.4 is 5.32 Å². The van der Waals surface area contributed by atoms with E-state index in [9.17, 15) is 14.4 Å². The highest BCUT2D eigenvalue weighted by molar-refractivity contribution is 9.10. The molecule has 1 aliphatic heterocycles. The van der Waals surface area contributed by atoms with Gasteiger partial charge in [0.25, 0.3) is 5.91 Å². The van der Waals surface area contributed by atoms with Gasteiger partial charge in [-0.15, -0.1) is 0 Å². The first kappa shape index (κ1) is 21.0. The zero-order chi connectivity index (χ0) is 21.0. The monoisotopic (exact) mass is 458 g/mol. The molecule has 152 valence electrons. The molecule has 3 rings (SSSR count). The molecule has 0 radical (unpaired) electrons. The fourth-order valence-corrected chi connectivity index (χ4v) is 3.86. The van der Waals surface area contributed by atoms with Crippen LogP contribution in [0.2, 0.25) is 0 Å². The van der Waals surface area contributed by atoms with Crippen molar-refractivity contribution in [2.24, 2.45) is 5.92 Å². The van der Waals surface area contributed by atoms with Crippen molar-refractivity contribution in [2.45, 2.75) is 26.3 Å². The number of anilines is 1. The number of esters is 1. The van der Waals surface area contributed by atoms with Crippen LogP contribution in [0.3, 0.4) is 0 Å². The molecule has 2 aromatic rings. The van der Waals surface area contributed by atoms with Crippen LogP contribution in [0, 0.1) is 12.8 Å². The normalized spacial score (nSPS) is 17.1.